The molecule has 0 aliphatic rings. The van der Waals surface area contributed by atoms with Gasteiger partial charge in [-0.05, 0) is 30.6 Å². The molecular weight excluding hydrogens is 246 g/mol. The van der Waals surface area contributed by atoms with Gasteiger partial charge in [-0.3, -0.25) is 0 Å². The van der Waals surface area contributed by atoms with Gasteiger partial charge in [-0.15, -0.1) is 0 Å². The number of rotatable bonds is 8. The Morgan fingerprint density at radius 3 is 2.05 bits per heavy atom. The normalized spacial score (nSPS) is 12.5. The van der Waals surface area contributed by atoms with Crippen LogP contribution in [0.15, 0.2) is 42.5 Å². The lowest BCUT2D eigenvalue weighted by Crippen LogP contribution is -2.51. The van der Waals surface area contributed by atoms with Crippen LogP contribution in [0.5, 0.6) is 0 Å². The van der Waals surface area contributed by atoms with Crippen molar-refractivity contribution in [3.8, 4) is 0 Å². The molecule has 0 aliphatic carbocycles. The molecule has 0 unspecified atom stereocenters. The monoisotopic (exact) mass is 275 g/mol. The molecule has 106 valence electrons. The maximum absolute atomic E-state index is 2.78. The molecule has 0 atom stereocenters. The van der Waals surface area contributed by atoms with Gasteiger partial charge in [-0.2, -0.15) is 0 Å². The summed E-state index contributed by atoms with van der Waals surface area (Å²) >= 11 is 0. The van der Waals surface area contributed by atoms with E-state index >= 15 is 0 Å². The fourth-order valence-corrected chi connectivity index (χ4v) is 6.74. The van der Waals surface area contributed by atoms with Crippen molar-refractivity contribution in [3.05, 3.63) is 48.0 Å². The highest BCUT2D eigenvalue weighted by Gasteiger charge is 2.33. The summed E-state index contributed by atoms with van der Waals surface area (Å²) in [5.74, 6) is 0. The van der Waals surface area contributed by atoms with Crippen molar-refractivity contribution in [2.24, 2.45) is 0 Å². The predicted molar refractivity (Wildman–Crippen MR) is 88.9 cm³/mol. The molecule has 0 heterocycles. The van der Waals surface area contributed by atoms with Gasteiger partial charge >= 0.3 is 0 Å². The minimum Gasteiger partial charge on any atom is -0.316 e. The van der Waals surface area contributed by atoms with Crippen molar-refractivity contribution in [1.29, 1.82) is 0 Å². The van der Waals surface area contributed by atoms with Crippen LogP contribution in [-0.4, -0.2) is 19.3 Å². The highest BCUT2D eigenvalue weighted by molar-refractivity contribution is 6.77. The minimum atomic E-state index is -1.28. The number of hydrogen-bond donors (Lipinski definition) is 0. The first-order chi connectivity index (χ1) is 9.22. The summed E-state index contributed by atoms with van der Waals surface area (Å²) in [7, 11) is -1.28. The van der Waals surface area contributed by atoms with E-state index in [9.17, 15) is 0 Å². The molecule has 1 aromatic carbocycles. The second-order valence-corrected chi connectivity index (χ2v) is 10.4. The molecule has 2 heteroatoms. The molecule has 1 nitrogen and oxygen atoms in total. The Morgan fingerprint density at radius 1 is 1.00 bits per heavy atom. The average Bonchev–Trinajstić information content (AvgIpc) is 2.48. The van der Waals surface area contributed by atoms with Gasteiger partial charge in [0.05, 0.1) is 0 Å². The van der Waals surface area contributed by atoms with Crippen LogP contribution in [0.4, 0.5) is 0 Å². The van der Waals surface area contributed by atoms with Crippen molar-refractivity contribution in [3.63, 3.8) is 0 Å². The second-order valence-electron chi connectivity index (χ2n) is 5.22. The van der Waals surface area contributed by atoms with Crippen LogP contribution in [-0.2, 0) is 6.54 Å². The maximum Gasteiger partial charge on any atom is 0.128 e. The zero-order chi connectivity index (χ0) is 14.1. The van der Waals surface area contributed by atoms with Gasteiger partial charge < -0.3 is 4.57 Å². The summed E-state index contributed by atoms with van der Waals surface area (Å²) in [5, 5.41) is 0. The lowest BCUT2D eigenvalue weighted by Gasteiger charge is -2.40. The SMILES string of the molecule is CC=CCN(Cc1ccccc1)[Si](CC)(CC)CC. The average molecular weight is 276 g/mol. The molecule has 1 rings (SSSR count). The van der Waals surface area contributed by atoms with Crippen molar-refractivity contribution in [2.45, 2.75) is 52.4 Å². The van der Waals surface area contributed by atoms with Crippen molar-refractivity contribution >= 4 is 8.24 Å². The first-order valence-corrected chi connectivity index (χ1v) is 10.2. The summed E-state index contributed by atoms with van der Waals surface area (Å²) in [6.07, 6.45) is 4.49. The number of allylic oxidation sites excluding steroid dienone is 1. The van der Waals surface area contributed by atoms with E-state index in [4.69, 9.17) is 0 Å². The summed E-state index contributed by atoms with van der Waals surface area (Å²) < 4.78 is 2.78. The Morgan fingerprint density at radius 2 is 1.58 bits per heavy atom. The molecular formula is C17H29NSi. The number of nitrogens with zero attached hydrogens (tertiary/aromatic N) is 1. The molecule has 0 aromatic heterocycles. The number of hydrogen-bond acceptors (Lipinski definition) is 1. The van der Waals surface area contributed by atoms with E-state index in [-0.39, 0.29) is 0 Å². The van der Waals surface area contributed by atoms with E-state index in [1.807, 2.05) is 0 Å². The van der Waals surface area contributed by atoms with Crippen LogP contribution >= 0.6 is 0 Å². The van der Waals surface area contributed by atoms with Crippen molar-refractivity contribution in [1.82, 2.24) is 4.57 Å². The first kappa shape index (κ1) is 16.2. The zero-order valence-corrected chi connectivity index (χ0v) is 14.0. The fourth-order valence-electron chi connectivity index (χ4n) is 2.88. The van der Waals surface area contributed by atoms with Crippen molar-refractivity contribution in [2.75, 3.05) is 6.54 Å². The number of benzene rings is 1. The van der Waals surface area contributed by atoms with Crippen LogP contribution in [0.25, 0.3) is 0 Å². The van der Waals surface area contributed by atoms with Gasteiger partial charge in [0.1, 0.15) is 8.24 Å². The largest absolute Gasteiger partial charge is 0.316 e. The van der Waals surface area contributed by atoms with E-state index in [0.29, 0.717) is 0 Å². The summed E-state index contributed by atoms with van der Waals surface area (Å²) in [6.45, 7) is 11.5. The van der Waals surface area contributed by atoms with Gasteiger partial charge in [0, 0.05) is 13.1 Å². The highest BCUT2D eigenvalue weighted by Crippen LogP contribution is 2.26. The Balaban J connectivity index is 2.93. The summed E-state index contributed by atoms with van der Waals surface area (Å²) in [4.78, 5) is 0. The van der Waals surface area contributed by atoms with Gasteiger partial charge in [0.2, 0.25) is 0 Å². The van der Waals surface area contributed by atoms with Gasteiger partial charge in [0.15, 0.2) is 0 Å². The van der Waals surface area contributed by atoms with Gasteiger partial charge in [-0.25, -0.2) is 0 Å². The first-order valence-electron chi connectivity index (χ1n) is 7.62. The van der Waals surface area contributed by atoms with E-state index in [0.717, 1.165) is 13.1 Å². The molecule has 0 N–H and O–H groups in total. The van der Waals surface area contributed by atoms with Crippen LogP contribution in [0.1, 0.15) is 33.3 Å². The van der Waals surface area contributed by atoms with Crippen LogP contribution < -0.4 is 0 Å². The Kier molecular flexibility index (Phi) is 7.10. The second kappa shape index (κ2) is 8.34. The molecule has 19 heavy (non-hydrogen) atoms. The fraction of sp³-hybridized carbons (Fsp3) is 0.529. The molecule has 0 saturated heterocycles. The van der Waals surface area contributed by atoms with Crippen molar-refractivity contribution < 1.29 is 0 Å². The third kappa shape index (κ3) is 4.32. The van der Waals surface area contributed by atoms with Gasteiger partial charge in [0.25, 0.3) is 0 Å². The third-order valence-corrected chi connectivity index (χ3v) is 10.1. The minimum absolute atomic E-state index is 1.10. The quantitative estimate of drug-likeness (QED) is 0.473. The molecule has 0 amide bonds. The Bertz CT molecular complexity index is 360. The van der Waals surface area contributed by atoms with Crippen LogP contribution in [0, 0.1) is 0 Å². The molecule has 0 aliphatic heterocycles. The molecule has 0 radical (unpaired) electrons. The maximum atomic E-state index is 2.78. The predicted octanol–water partition coefficient (Wildman–Crippen LogP) is 5.07. The van der Waals surface area contributed by atoms with E-state index in [1.165, 1.54) is 23.7 Å². The summed E-state index contributed by atoms with van der Waals surface area (Å²) in [6, 6.07) is 15.0. The molecule has 1 aromatic rings. The molecule has 0 fully saturated rings. The zero-order valence-electron chi connectivity index (χ0n) is 13.0. The molecule has 0 saturated carbocycles. The lowest BCUT2D eigenvalue weighted by atomic mass is 10.2. The standard InChI is InChI=1S/C17H29NSi/c1-5-9-15-18(19(6-2,7-3)8-4)16-17-13-11-10-12-14-17/h5,9-14H,6-8,15-16H2,1-4H3. The van der Waals surface area contributed by atoms with Gasteiger partial charge in [-0.1, -0.05) is 63.3 Å². The van der Waals surface area contributed by atoms with E-state index < -0.39 is 8.24 Å². The van der Waals surface area contributed by atoms with Crippen LogP contribution in [0.3, 0.4) is 0 Å². The lowest BCUT2D eigenvalue weighted by molar-refractivity contribution is 0.447. The highest BCUT2D eigenvalue weighted by atomic mass is 28.3. The molecule has 0 spiro atoms. The Hall–Kier alpha value is -0.863. The smallest absolute Gasteiger partial charge is 0.128 e. The van der Waals surface area contributed by atoms with E-state index in [2.05, 4.69) is 74.7 Å². The topological polar surface area (TPSA) is 3.24 Å². The van der Waals surface area contributed by atoms with E-state index in [1.54, 1.807) is 0 Å². The Labute approximate surface area is 120 Å². The van der Waals surface area contributed by atoms with Crippen LogP contribution in [0.2, 0.25) is 18.1 Å². The third-order valence-electron chi connectivity index (χ3n) is 4.42. The summed E-state index contributed by atoms with van der Waals surface area (Å²) in [5.41, 5.74) is 1.44. The molecule has 0 bridgehead atoms.